The number of H-pyrrole nitrogens is 1. The second kappa shape index (κ2) is 7.70. The number of rotatable bonds is 4. The van der Waals surface area contributed by atoms with E-state index in [4.69, 9.17) is 11.6 Å². The van der Waals surface area contributed by atoms with Crippen molar-refractivity contribution in [2.45, 2.75) is 6.54 Å². The Bertz CT molecular complexity index is 1490. The molecule has 0 aliphatic heterocycles. The van der Waals surface area contributed by atoms with E-state index < -0.39 is 0 Å². The molecular weight excluding hydrogens is 414 g/mol. The molecule has 3 aromatic carbocycles. The maximum Gasteiger partial charge on any atom is 0.281 e. The molecule has 5 aromatic rings. The molecule has 2 N–H and O–H groups in total. The molecule has 0 bridgehead atoms. The number of carbonyl (C=O) groups excluding carboxylic acids is 1. The minimum atomic E-state index is -0.378. The molecule has 0 radical (unpaired) electrons. The van der Waals surface area contributed by atoms with Crippen molar-refractivity contribution in [2.24, 2.45) is 0 Å². The summed E-state index contributed by atoms with van der Waals surface area (Å²) >= 11 is 6.16. The van der Waals surface area contributed by atoms with Crippen molar-refractivity contribution in [3.63, 3.8) is 0 Å². The molecule has 152 valence electrons. The van der Waals surface area contributed by atoms with E-state index in [1.54, 1.807) is 28.8 Å². The third-order valence-electron chi connectivity index (χ3n) is 5.07. The van der Waals surface area contributed by atoms with Crippen molar-refractivity contribution in [1.82, 2.24) is 25.1 Å². The van der Waals surface area contributed by atoms with Crippen LogP contribution in [-0.2, 0) is 6.54 Å². The first-order chi connectivity index (χ1) is 15.1. The van der Waals surface area contributed by atoms with Gasteiger partial charge in [-0.05, 0) is 29.8 Å². The van der Waals surface area contributed by atoms with Crippen LogP contribution < -0.4 is 10.9 Å². The number of aromatic nitrogens is 4. The Hall–Kier alpha value is -3.97. The van der Waals surface area contributed by atoms with E-state index >= 15 is 0 Å². The standard InChI is InChI=1S/C23H16ClN5O2/c24-18-9-5-4-8-16(18)13-25-22(30)15-10-11-17-19(12-15)29-21(26-23(17)31)20(27-28-29)14-6-2-1-3-7-14/h1-12,28H,13H2,(H,25,30). The fraction of sp³-hybridized carbons (Fsp3) is 0.0435. The van der Waals surface area contributed by atoms with Gasteiger partial charge in [-0.15, -0.1) is 0 Å². The Kier molecular flexibility index (Phi) is 4.72. The third-order valence-corrected chi connectivity index (χ3v) is 5.44. The van der Waals surface area contributed by atoms with Crippen LogP contribution in [0, 0.1) is 0 Å². The molecule has 7 nitrogen and oxygen atoms in total. The maximum absolute atomic E-state index is 12.7. The number of amides is 1. The highest BCUT2D eigenvalue weighted by molar-refractivity contribution is 6.31. The molecule has 0 spiro atoms. The lowest BCUT2D eigenvalue weighted by molar-refractivity contribution is 0.0951. The van der Waals surface area contributed by atoms with E-state index in [2.05, 4.69) is 20.6 Å². The second-order valence-corrected chi connectivity index (χ2v) is 7.42. The summed E-state index contributed by atoms with van der Waals surface area (Å²) in [5.74, 6) is -0.275. The summed E-state index contributed by atoms with van der Waals surface area (Å²) in [6, 6.07) is 21.7. The second-order valence-electron chi connectivity index (χ2n) is 7.01. The number of carbonyl (C=O) groups is 1. The number of benzene rings is 3. The lowest BCUT2D eigenvalue weighted by Crippen LogP contribution is -2.23. The highest BCUT2D eigenvalue weighted by Gasteiger charge is 2.15. The van der Waals surface area contributed by atoms with Crippen molar-refractivity contribution in [2.75, 3.05) is 0 Å². The number of fused-ring (bicyclic) bond motifs is 3. The van der Waals surface area contributed by atoms with Crippen molar-refractivity contribution >= 4 is 34.1 Å². The minimum absolute atomic E-state index is 0.275. The normalized spacial score (nSPS) is 11.1. The van der Waals surface area contributed by atoms with Gasteiger partial charge in [0.25, 0.3) is 11.5 Å². The summed E-state index contributed by atoms with van der Waals surface area (Å²) in [6.07, 6.45) is 0. The summed E-state index contributed by atoms with van der Waals surface area (Å²) in [5, 5.41) is 11.1. The van der Waals surface area contributed by atoms with Crippen LogP contribution in [0.15, 0.2) is 77.6 Å². The predicted octanol–water partition coefficient (Wildman–Crippen LogP) is 3.82. The van der Waals surface area contributed by atoms with Crippen LogP contribution in [0.3, 0.4) is 0 Å². The van der Waals surface area contributed by atoms with Crippen LogP contribution in [0.2, 0.25) is 5.02 Å². The topological polar surface area (TPSA) is 92.2 Å². The van der Waals surface area contributed by atoms with Crippen molar-refractivity contribution < 1.29 is 4.79 Å². The van der Waals surface area contributed by atoms with Gasteiger partial charge >= 0.3 is 0 Å². The molecule has 5 rings (SSSR count). The zero-order chi connectivity index (χ0) is 21.4. The van der Waals surface area contributed by atoms with Crippen molar-refractivity contribution in [3.8, 4) is 11.3 Å². The van der Waals surface area contributed by atoms with E-state index in [1.165, 1.54) is 0 Å². The van der Waals surface area contributed by atoms with Gasteiger partial charge in [0.1, 0.15) is 5.69 Å². The van der Waals surface area contributed by atoms with Gasteiger partial charge in [0.2, 0.25) is 0 Å². The predicted molar refractivity (Wildman–Crippen MR) is 119 cm³/mol. The number of halogens is 1. The van der Waals surface area contributed by atoms with E-state index in [0.717, 1.165) is 11.1 Å². The van der Waals surface area contributed by atoms with Gasteiger partial charge in [0.15, 0.2) is 5.65 Å². The van der Waals surface area contributed by atoms with Gasteiger partial charge in [-0.3, -0.25) is 9.59 Å². The molecule has 8 heteroatoms. The molecule has 0 aliphatic carbocycles. The highest BCUT2D eigenvalue weighted by atomic mass is 35.5. The Balaban J connectivity index is 1.55. The first-order valence-corrected chi connectivity index (χ1v) is 9.97. The lowest BCUT2D eigenvalue weighted by atomic mass is 10.1. The van der Waals surface area contributed by atoms with Crippen molar-refractivity contribution in [3.05, 3.63) is 99.3 Å². The van der Waals surface area contributed by atoms with Crippen LogP contribution in [-0.4, -0.2) is 25.7 Å². The first kappa shape index (κ1) is 19.0. The van der Waals surface area contributed by atoms with E-state index in [0.29, 0.717) is 39.4 Å². The molecule has 1 amide bonds. The maximum atomic E-state index is 12.7. The molecule has 0 unspecified atom stereocenters. The van der Waals surface area contributed by atoms with Crippen LogP contribution in [0.4, 0.5) is 0 Å². The van der Waals surface area contributed by atoms with Crippen LogP contribution >= 0.6 is 11.6 Å². The summed E-state index contributed by atoms with van der Waals surface area (Å²) in [4.78, 5) is 29.6. The van der Waals surface area contributed by atoms with Gasteiger partial charge in [-0.2, -0.15) is 10.1 Å². The Morgan fingerprint density at radius 1 is 1.03 bits per heavy atom. The third kappa shape index (κ3) is 3.45. The van der Waals surface area contributed by atoms with Crippen LogP contribution in [0.5, 0.6) is 0 Å². The van der Waals surface area contributed by atoms with Gasteiger partial charge in [-0.25, -0.2) is 9.73 Å². The van der Waals surface area contributed by atoms with Gasteiger partial charge < -0.3 is 5.32 Å². The highest BCUT2D eigenvalue weighted by Crippen LogP contribution is 2.22. The molecule has 0 aliphatic rings. The Labute approximate surface area is 181 Å². The van der Waals surface area contributed by atoms with Gasteiger partial charge in [-0.1, -0.05) is 60.1 Å². The number of nitrogens with zero attached hydrogens (tertiary/aromatic N) is 3. The quantitative estimate of drug-likeness (QED) is 0.454. The smallest absolute Gasteiger partial charge is 0.281 e. The van der Waals surface area contributed by atoms with Gasteiger partial charge in [0.05, 0.1) is 10.9 Å². The molecule has 31 heavy (non-hydrogen) atoms. The lowest BCUT2D eigenvalue weighted by Gasteiger charge is -2.08. The van der Waals surface area contributed by atoms with Crippen LogP contribution in [0.25, 0.3) is 27.8 Å². The molecular formula is C23H16ClN5O2. The zero-order valence-corrected chi connectivity index (χ0v) is 16.9. The summed E-state index contributed by atoms with van der Waals surface area (Å²) < 4.78 is 1.61. The van der Waals surface area contributed by atoms with Gasteiger partial charge in [0, 0.05) is 22.7 Å². The molecule has 2 aromatic heterocycles. The zero-order valence-electron chi connectivity index (χ0n) is 16.2. The summed E-state index contributed by atoms with van der Waals surface area (Å²) in [5.41, 5.74) is 3.18. The number of aromatic amines is 1. The van der Waals surface area contributed by atoms with E-state index in [-0.39, 0.29) is 11.5 Å². The van der Waals surface area contributed by atoms with Crippen molar-refractivity contribution in [1.29, 1.82) is 0 Å². The summed E-state index contributed by atoms with van der Waals surface area (Å²) in [7, 11) is 0. The fourth-order valence-corrected chi connectivity index (χ4v) is 3.68. The molecule has 2 heterocycles. The van der Waals surface area contributed by atoms with Crippen LogP contribution in [0.1, 0.15) is 15.9 Å². The summed E-state index contributed by atoms with van der Waals surface area (Å²) in [6.45, 7) is 0.296. The largest absolute Gasteiger partial charge is 0.348 e. The molecule has 0 atom stereocenters. The Morgan fingerprint density at radius 2 is 1.81 bits per heavy atom. The van der Waals surface area contributed by atoms with E-state index in [1.807, 2.05) is 48.5 Å². The molecule has 0 saturated carbocycles. The Morgan fingerprint density at radius 3 is 2.61 bits per heavy atom. The number of hydrogen-bond acceptors (Lipinski definition) is 4. The molecule has 0 saturated heterocycles. The van der Waals surface area contributed by atoms with E-state index in [9.17, 15) is 9.59 Å². The molecule has 0 fully saturated rings. The number of nitrogens with one attached hydrogen (secondary N) is 2. The fourth-order valence-electron chi connectivity index (χ4n) is 3.48. The SMILES string of the molecule is O=C(NCc1ccccc1Cl)c1ccc2c(=O)nc3c(-c4ccccc4)n[nH]n3c2c1. The average molecular weight is 430 g/mol. The monoisotopic (exact) mass is 429 g/mol. The first-order valence-electron chi connectivity index (χ1n) is 9.60. The average Bonchev–Trinajstić information content (AvgIpc) is 3.22. The number of hydrogen-bond donors (Lipinski definition) is 2. The minimum Gasteiger partial charge on any atom is -0.348 e.